The fraction of sp³-hybridized carbons (Fsp3) is 0.233. The molecule has 1 amide bonds. The van der Waals surface area contributed by atoms with Gasteiger partial charge in [-0.1, -0.05) is 48.6 Å². The number of benzene rings is 3. The molecule has 39 heavy (non-hydrogen) atoms. The number of ketones is 1. The minimum absolute atomic E-state index is 0.0286. The number of carbonyl (C=O) groups is 2. The van der Waals surface area contributed by atoms with Crippen LogP contribution in [-0.4, -0.2) is 62.8 Å². The maximum absolute atomic E-state index is 13.1. The Labute approximate surface area is 229 Å². The quantitative estimate of drug-likeness (QED) is 0.302. The minimum atomic E-state index is -3.92. The Morgan fingerprint density at radius 3 is 2.18 bits per heavy atom. The van der Waals surface area contributed by atoms with Crippen molar-refractivity contribution in [3.63, 3.8) is 0 Å². The first-order valence-corrected chi connectivity index (χ1v) is 14.2. The Morgan fingerprint density at radius 2 is 1.59 bits per heavy atom. The van der Waals surface area contributed by atoms with Gasteiger partial charge in [0.2, 0.25) is 0 Å². The summed E-state index contributed by atoms with van der Waals surface area (Å²) in [5, 5.41) is 0. The molecule has 202 valence electrons. The van der Waals surface area contributed by atoms with Gasteiger partial charge in [-0.05, 0) is 56.5 Å². The van der Waals surface area contributed by atoms with Crippen molar-refractivity contribution in [3.05, 3.63) is 95.1 Å². The Hall–Kier alpha value is -4.08. The monoisotopic (exact) mass is 544 g/mol. The highest BCUT2D eigenvalue weighted by molar-refractivity contribution is 7.92. The second-order valence-corrected chi connectivity index (χ2v) is 11.0. The summed E-state index contributed by atoms with van der Waals surface area (Å²) in [6, 6.07) is 19.0. The normalized spacial score (nSPS) is 14.4. The first-order chi connectivity index (χ1) is 18.7. The molecule has 3 aromatic carbocycles. The third kappa shape index (κ3) is 6.68. The summed E-state index contributed by atoms with van der Waals surface area (Å²) in [7, 11) is -3.92. The van der Waals surface area contributed by atoms with Crippen LogP contribution >= 0.6 is 0 Å². The van der Waals surface area contributed by atoms with Crippen molar-refractivity contribution < 1.29 is 18.0 Å². The molecule has 0 spiro atoms. The number of hydrogen-bond acceptors (Lipinski definition) is 6. The van der Waals surface area contributed by atoms with Gasteiger partial charge in [-0.25, -0.2) is 8.42 Å². The second-order valence-electron chi connectivity index (χ2n) is 9.36. The highest BCUT2D eigenvalue weighted by Gasteiger charge is 2.23. The summed E-state index contributed by atoms with van der Waals surface area (Å²) in [6.45, 7) is 10.4. The summed E-state index contributed by atoms with van der Waals surface area (Å²) in [4.78, 5) is 32.6. The smallest absolute Gasteiger partial charge is 0.264 e. The van der Waals surface area contributed by atoms with Crippen LogP contribution in [0.2, 0.25) is 0 Å². The average molecular weight is 545 g/mol. The molecule has 1 N–H and O–H groups in total. The van der Waals surface area contributed by atoms with Crippen LogP contribution in [0.15, 0.2) is 82.7 Å². The lowest BCUT2D eigenvalue weighted by Gasteiger charge is -2.34. The molecule has 0 bridgehead atoms. The third-order valence-electron chi connectivity index (χ3n) is 6.63. The molecular weight excluding hydrogens is 512 g/mol. The number of amides is 1. The summed E-state index contributed by atoms with van der Waals surface area (Å²) >= 11 is 0. The van der Waals surface area contributed by atoms with Crippen LogP contribution in [-0.2, 0) is 16.6 Å². The molecule has 0 atom stereocenters. The van der Waals surface area contributed by atoms with Gasteiger partial charge in [0.15, 0.2) is 5.78 Å². The van der Waals surface area contributed by atoms with Gasteiger partial charge in [-0.3, -0.25) is 24.2 Å². The topological polar surface area (TPSA) is 99.1 Å². The lowest BCUT2D eigenvalue weighted by atomic mass is 10.1. The average Bonchev–Trinajstić information content (AvgIpc) is 2.93. The van der Waals surface area contributed by atoms with Gasteiger partial charge in [0.05, 0.1) is 5.69 Å². The number of piperazine rings is 1. The molecule has 8 nitrogen and oxygen atoms in total. The van der Waals surface area contributed by atoms with Crippen LogP contribution in [0.1, 0.15) is 45.7 Å². The molecule has 1 aliphatic rings. The van der Waals surface area contributed by atoms with E-state index in [1.807, 2.05) is 36.1 Å². The summed E-state index contributed by atoms with van der Waals surface area (Å²) < 4.78 is 28.8. The van der Waals surface area contributed by atoms with Crippen LogP contribution in [0.3, 0.4) is 0 Å². The molecular formula is C30H32N4O4S. The van der Waals surface area contributed by atoms with Gasteiger partial charge in [-0.15, -0.1) is 0 Å². The van der Waals surface area contributed by atoms with E-state index in [0.29, 0.717) is 35.5 Å². The lowest BCUT2D eigenvalue weighted by molar-refractivity contribution is 0.0628. The van der Waals surface area contributed by atoms with E-state index in [2.05, 4.69) is 21.3 Å². The number of rotatable bonds is 9. The van der Waals surface area contributed by atoms with E-state index >= 15 is 0 Å². The van der Waals surface area contributed by atoms with Crippen LogP contribution in [0.5, 0.6) is 0 Å². The number of hydrogen-bond donors (Lipinski definition) is 1. The van der Waals surface area contributed by atoms with E-state index in [1.54, 1.807) is 55.5 Å². The van der Waals surface area contributed by atoms with Crippen LogP contribution in [0, 0.1) is 0 Å². The number of sulfonamides is 1. The molecule has 0 aliphatic carbocycles. The molecule has 0 saturated carbocycles. The highest BCUT2D eigenvalue weighted by atomic mass is 32.2. The van der Waals surface area contributed by atoms with E-state index in [-0.39, 0.29) is 22.3 Å². The molecule has 1 aliphatic heterocycles. The van der Waals surface area contributed by atoms with Crippen molar-refractivity contribution in [2.45, 2.75) is 25.3 Å². The summed E-state index contributed by atoms with van der Waals surface area (Å²) in [6.07, 6.45) is 3.58. The van der Waals surface area contributed by atoms with Crippen molar-refractivity contribution >= 4 is 45.9 Å². The molecule has 0 aromatic heterocycles. The number of aliphatic imine (C=N–C) groups is 1. The second kappa shape index (κ2) is 12.2. The van der Waals surface area contributed by atoms with E-state index < -0.39 is 10.0 Å². The number of allylic oxidation sites excluding steroid dienone is 1. The lowest BCUT2D eigenvalue weighted by Crippen LogP contribution is -2.48. The molecule has 1 fully saturated rings. The number of anilines is 1. The van der Waals surface area contributed by atoms with Crippen LogP contribution in [0.25, 0.3) is 6.08 Å². The predicted molar refractivity (Wildman–Crippen MR) is 155 cm³/mol. The number of carbonyl (C=O) groups excluding carboxylic acids is 2. The molecule has 0 radical (unpaired) electrons. The molecule has 3 aromatic rings. The maximum atomic E-state index is 13.1. The Kier molecular flexibility index (Phi) is 8.73. The van der Waals surface area contributed by atoms with E-state index in [1.165, 1.54) is 6.07 Å². The molecule has 0 unspecified atom stereocenters. The van der Waals surface area contributed by atoms with E-state index in [9.17, 15) is 18.0 Å². The predicted octanol–water partition coefficient (Wildman–Crippen LogP) is 5.01. The Morgan fingerprint density at radius 1 is 0.949 bits per heavy atom. The fourth-order valence-electron chi connectivity index (χ4n) is 4.53. The van der Waals surface area contributed by atoms with Crippen molar-refractivity contribution in [1.82, 2.24) is 9.80 Å². The summed E-state index contributed by atoms with van der Waals surface area (Å²) in [5.74, 6) is -0.0415. The fourth-order valence-corrected chi connectivity index (χ4v) is 5.78. The number of Topliss-reactive ketones (excluding diaryl/α,β-unsaturated/α-hetero) is 1. The van der Waals surface area contributed by atoms with Gasteiger partial charge in [0.25, 0.3) is 15.9 Å². The largest absolute Gasteiger partial charge is 0.336 e. The highest BCUT2D eigenvalue weighted by Crippen LogP contribution is 2.30. The first kappa shape index (κ1) is 27.9. The number of nitrogens with one attached hydrogen (secondary N) is 1. The van der Waals surface area contributed by atoms with Crippen molar-refractivity contribution in [1.29, 1.82) is 0 Å². The standard InChI is InChI=1S/C30H32N4O4S/c1-4-6-25-7-5-8-28(29(25)31-3)39(37,38)32-27-15-13-26(14-16-27)30(36)34-19-17-33(18-20-34)21-23-9-11-24(12-10-23)22(2)35/h4-16,32H,3,17-21H2,1-2H3/b6-4-. The van der Waals surface area contributed by atoms with Crippen molar-refractivity contribution in [2.24, 2.45) is 4.99 Å². The molecule has 4 rings (SSSR count). The van der Waals surface area contributed by atoms with E-state index in [4.69, 9.17) is 0 Å². The number of para-hydroxylation sites is 1. The maximum Gasteiger partial charge on any atom is 0.264 e. The molecule has 1 saturated heterocycles. The zero-order chi connectivity index (χ0) is 28.0. The minimum Gasteiger partial charge on any atom is -0.336 e. The zero-order valence-electron chi connectivity index (χ0n) is 22.1. The van der Waals surface area contributed by atoms with Crippen LogP contribution in [0.4, 0.5) is 11.4 Å². The zero-order valence-corrected chi connectivity index (χ0v) is 22.9. The SMILES string of the molecule is C=Nc1c(/C=C\C)cccc1S(=O)(=O)Nc1ccc(C(=O)N2CCN(Cc3ccc(C(C)=O)cc3)CC2)cc1. The van der Waals surface area contributed by atoms with Gasteiger partial charge in [0.1, 0.15) is 4.90 Å². The summed E-state index contributed by atoms with van der Waals surface area (Å²) in [5.41, 5.74) is 3.60. The van der Waals surface area contributed by atoms with Crippen molar-refractivity contribution in [2.75, 3.05) is 30.9 Å². The Bertz CT molecular complexity index is 1490. The van der Waals surface area contributed by atoms with Gasteiger partial charge >= 0.3 is 0 Å². The van der Waals surface area contributed by atoms with Gasteiger partial charge in [0, 0.05) is 55.1 Å². The van der Waals surface area contributed by atoms with Crippen LogP contribution < -0.4 is 4.72 Å². The van der Waals surface area contributed by atoms with Gasteiger partial charge in [-0.2, -0.15) is 0 Å². The Balaban J connectivity index is 1.36. The van der Waals surface area contributed by atoms with E-state index in [0.717, 1.165) is 25.2 Å². The van der Waals surface area contributed by atoms with Crippen molar-refractivity contribution in [3.8, 4) is 0 Å². The molecule has 9 heteroatoms. The number of nitrogens with zero attached hydrogens (tertiary/aromatic N) is 3. The first-order valence-electron chi connectivity index (χ1n) is 12.7. The van der Waals surface area contributed by atoms with Gasteiger partial charge < -0.3 is 4.90 Å². The third-order valence-corrected chi connectivity index (χ3v) is 8.05. The molecule has 1 heterocycles.